The van der Waals surface area contributed by atoms with Crippen molar-refractivity contribution < 1.29 is 9.90 Å². The molecular weight excluding hydrogens is 264 g/mol. The van der Waals surface area contributed by atoms with E-state index in [4.69, 9.17) is 16.7 Å². The number of hydrogen-bond donors (Lipinski definition) is 2. The third kappa shape index (κ3) is 2.84. The molecule has 1 aliphatic carbocycles. The highest BCUT2D eigenvalue weighted by atomic mass is 35.5. The van der Waals surface area contributed by atoms with Crippen molar-refractivity contribution in [2.75, 3.05) is 5.32 Å². The van der Waals surface area contributed by atoms with E-state index >= 15 is 0 Å². The van der Waals surface area contributed by atoms with E-state index in [1.165, 1.54) is 25.1 Å². The predicted octanol–water partition coefficient (Wildman–Crippen LogP) is 3.67. The molecule has 104 valence electrons. The molecule has 0 radical (unpaired) electrons. The van der Waals surface area contributed by atoms with Gasteiger partial charge in [-0.2, -0.15) is 0 Å². The van der Waals surface area contributed by atoms with Gasteiger partial charge in [0.1, 0.15) is 5.82 Å². The van der Waals surface area contributed by atoms with E-state index in [0.717, 1.165) is 12.3 Å². The van der Waals surface area contributed by atoms with Crippen LogP contribution in [0, 0.1) is 11.8 Å². The van der Waals surface area contributed by atoms with Gasteiger partial charge in [-0.3, -0.25) is 0 Å². The van der Waals surface area contributed by atoms with Gasteiger partial charge in [-0.1, -0.05) is 31.9 Å². The van der Waals surface area contributed by atoms with Crippen LogP contribution < -0.4 is 5.32 Å². The summed E-state index contributed by atoms with van der Waals surface area (Å²) in [6.45, 7) is 4.44. The monoisotopic (exact) mass is 282 g/mol. The molecule has 0 aromatic carbocycles. The van der Waals surface area contributed by atoms with Gasteiger partial charge in [0, 0.05) is 12.2 Å². The number of rotatable bonds is 4. The number of carboxylic acids is 1. The van der Waals surface area contributed by atoms with Crippen molar-refractivity contribution in [1.82, 2.24) is 4.98 Å². The van der Waals surface area contributed by atoms with Crippen molar-refractivity contribution in [3.63, 3.8) is 0 Å². The van der Waals surface area contributed by atoms with Crippen LogP contribution in [0.1, 0.15) is 43.5 Å². The Balaban J connectivity index is 2.16. The van der Waals surface area contributed by atoms with Crippen LogP contribution in [0.15, 0.2) is 12.3 Å². The number of carbonyl (C=O) groups is 1. The molecule has 4 nitrogen and oxygen atoms in total. The topological polar surface area (TPSA) is 62.2 Å². The fraction of sp³-hybridized carbons (Fsp3) is 0.571. The Hall–Kier alpha value is -1.29. The van der Waals surface area contributed by atoms with E-state index in [0.29, 0.717) is 17.8 Å². The molecule has 0 aliphatic heterocycles. The molecule has 1 aromatic heterocycles. The van der Waals surface area contributed by atoms with Crippen LogP contribution >= 0.6 is 11.6 Å². The molecule has 0 bridgehead atoms. The summed E-state index contributed by atoms with van der Waals surface area (Å²) in [4.78, 5) is 15.2. The van der Waals surface area contributed by atoms with Gasteiger partial charge in [0.25, 0.3) is 0 Å². The minimum absolute atomic E-state index is 0.0943. The molecule has 0 saturated heterocycles. The van der Waals surface area contributed by atoms with Gasteiger partial charge in [-0.25, -0.2) is 9.78 Å². The van der Waals surface area contributed by atoms with Gasteiger partial charge in [-0.15, -0.1) is 0 Å². The second-order valence-electron chi connectivity index (χ2n) is 5.18. The lowest BCUT2D eigenvalue weighted by Gasteiger charge is -2.22. The first kappa shape index (κ1) is 14.1. The van der Waals surface area contributed by atoms with Crippen molar-refractivity contribution >= 4 is 23.4 Å². The lowest BCUT2D eigenvalue weighted by molar-refractivity contribution is 0.0697. The van der Waals surface area contributed by atoms with Crippen molar-refractivity contribution in [3.8, 4) is 0 Å². The summed E-state index contributed by atoms with van der Waals surface area (Å²) in [5.74, 6) is 0.729. The summed E-state index contributed by atoms with van der Waals surface area (Å²) in [5.41, 5.74) is 0.0943. The number of nitrogens with zero attached hydrogens (tertiary/aromatic N) is 1. The van der Waals surface area contributed by atoms with Crippen molar-refractivity contribution in [2.24, 2.45) is 11.8 Å². The lowest BCUT2D eigenvalue weighted by atomic mass is 9.93. The van der Waals surface area contributed by atoms with E-state index < -0.39 is 5.97 Å². The normalized spacial score (nSPS) is 26.4. The van der Waals surface area contributed by atoms with E-state index in [1.54, 1.807) is 0 Å². The number of anilines is 1. The summed E-state index contributed by atoms with van der Waals surface area (Å²) >= 11 is 6.09. The molecule has 1 fully saturated rings. The Morgan fingerprint density at radius 1 is 1.58 bits per heavy atom. The average molecular weight is 283 g/mol. The van der Waals surface area contributed by atoms with Crippen LogP contribution in [0.4, 0.5) is 5.82 Å². The smallest absolute Gasteiger partial charge is 0.337 e. The largest absolute Gasteiger partial charge is 0.478 e. The van der Waals surface area contributed by atoms with Gasteiger partial charge < -0.3 is 10.4 Å². The lowest BCUT2D eigenvalue weighted by Crippen LogP contribution is -2.25. The highest BCUT2D eigenvalue weighted by Crippen LogP contribution is 2.36. The zero-order valence-corrected chi connectivity index (χ0v) is 11.9. The van der Waals surface area contributed by atoms with Crippen LogP contribution in [0.2, 0.25) is 5.02 Å². The molecule has 5 heteroatoms. The summed E-state index contributed by atoms with van der Waals surface area (Å²) in [6, 6.07) is 1.74. The van der Waals surface area contributed by atoms with Crippen molar-refractivity contribution in [3.05, 3.63) is 22.8 Å². The van der Waals surface area contributed by atoms with Crippen LogP contribution in [0.5, 0.6) is 0 Å². The second-order valence-corrected chi connectivity index (χ2v) is 5.56. The summed E-state index contributed by atoms with van der Waals surface area (Å²) in [5, 5.41) is 12.6. The molecule has 1 saturated carbocycles. The minimum Gasteiger partial charge on any atom is -0.478 e. The van der Waals surface area contributed by atoms with Gasteiger partial charge in [0.05, 0.1) is 10.6 Å². The Morgan fingerprint density at radius 3 is 2.89 bits per heavy atom. The fourth-order valence-electron chi connectivity index (χ4n) is 2.91. The third-order valence-electron chi connectivity index (χ3n) is 4.19. The molecule has 3 atom stereocenters. The first-order valence-corrected chi connectivity index (χ1v) is 7.06. The number of aromatic carboxylic acids is 1. The Labute approximate surface area is 118 Å². The van der Waals surface area contributed by atoms with E-state index in [9.17, 15) is 4.79 Å². The third-order valence-corrected chi connectivity index (χ3v) is 4.58. The molecule has 2 rings (SSSR count). The molecule has 1 aliphatic rings. The van der Waals surface area contributed by atoms with Crippen LogP contribution in [0.3, 0.4) is 0 Å². The van der Waals surface area contributed by atoms with Crippen LogP contribution in [-0.2, 0) is 0 Å². The first-order chi connectivity index (χ1) is 9.04. The maximum absolute atomic E-state index is 11.0. The van der Waals surface area contributed by atoms with Crippen molar-refractivity contribution in [2.45, 2.75) is 39.2 Å². The van der Waals surface area contributed by atoms with Gasteiger partial charge >= 0.3 is 5.97 Å². The van der Waals surface area contributed by atoms with Crippen molar-refractivity contribution in [1.29, 1.82) is 0 Å². The number of hydrogen-bond acceptors (Lipinski definition) is 3. The minimum atomic E-state index is -1.03. The maximum Gasteiger partial charge on any atom is 0.337 e. The maximum atomic E-state index is 11.0. The zero-order chi connectivity index (χ0) is 14.0. The van der Waals surface area contributed by atoms with Crippen LogP contribution in [0.25, 0.3) is 0 Å². The summed E-state index contributed by atoms with van der Waals surface area (Å²) in [6.07, 6.45) is 4.94. The van der Waals surface area contributed by atoms with Gasteiger partial charge in [0.15, 0.2) is 0 Å². The molecule has 3 unspecified atom stereocenters. The molecule has 1 heterocycles. The average Bonchev–Trinajstić information content (AvgIpc) is 2.72. The number of carboxylic acid groups (broad SMARTS) is 1. The molecule has 0 spiro atoms. The SMILES string of the molecule is CCC1CCC(Nc2nccc(C(=O)O)c2Cl)C1C. The first-order valence-electron chi connectivity index (χ1n) is 6.69. The number of aromatic nitrogens is 1. The van der Waals surface area contributed by atoms with E-state index in [2.05, 4.69) is 24.1 Å². The second kappa shape index (κ2) is 5.78. The predicted molar refractivity (Wildman–Crippen MR) is 75.8 cm³/mol. The quantitative estimate of drug-likeness (QED) is 0.884. The number of halogens is 1. The van der Waals surface area contributed by atoms with Gasteiger partial charge in [-0.05, 0) is 30.7 Å². The molecular formula is C14H19ClN2O2. The molecule has 2 N–H and O–H groups in total. The Kier molecular flexibility index (Phi) is 4.30. The molecule has 19 heavy (non-hydrogen) atoms. The number of nitrogens with one attached hydrogen (secondary N) is 1. The highest BCUT2D eigenvalue weighted by molar-refractivity contribution is 6.35. The highest BCUT2D eigenvalue weighted by Gasteiger charge is 2.32. The van der Waals surface area contributed by atoms with Gasteiger partial charge in [0.2, 0.25) is 0 Å². The molecule has 1 aromatic rings. The fourth-order valence-corrected chi connectivity index (χ4v) is 3.16. The Morgan fingerprint density at radius 2 is 2.32 bits per heavy atom. The zero-order valence-electron chi connectivity index (χ0n) is 11.2. The van der Waals surface area contributed by atoms with Crippen LogP contribution in [-0.4, -0.2) is 22.1 Å². The number of pyridine rings is 1. The standard InChI is InChI=1S/C14H19ClN2O2/c1-3-9-4-5-11(8(9)2)17-13-12(15)10(14(18)19)6-7-16-13/h6-9,11H,3-5H2,1-2H3,(H,16,17)(H,18,19). The van der Waals surface area contributed by atoms with E-state index in [1.807, 2.05) is 0 Å². The summed E-state index contributed by atoms with van der Waals surface area (Å²) < 4.78 is 0. The Bertz CT molecular complexity index is 479. The summed E-state index contributed by atoms with van der Waals surface area (Å²) in [7, 11) is 0. The molecule has 0 amide bonds. The van der Waals surface area contributed by atoms with E-state index in [-0.39, 0.29) is 10.6 Å².